The van der Waals surface area contributed by atoms with Crippen LogP contribution < -0.4 is 0 Å². The Kier molecular flexibility index (Phi) is 6.01. The molecule has 19 heavy (non-hydrogen) atoms. The van der Waals surface area contributed by atoms with Crippen molar-refractivity contribution >= 4 is 24.1 Å². The summed E-state index contributed by atoms with van der Waals surface area (Å²) in [4.78, 5) is 5.24. The van der Waals surface area contributed by atoms with Gasteiger partial charge in [0.25, 0.3) is 0 Å². The zero-order valence-corrected chi connectivity index (χ0v) is 14.9. The van der Waals surface area contributed by atoms with E-state index in [1.807, 2.05) is 0 Å². The molecule has 2 aliphatic rings. The Morgan fingerprint density at radius 1 is 0.895 bits per heavy atom. The lowest BCUT2D eigenvalue weighted by Gasteiger charge is -2.26. The Bertz CT molecular complexity index is 302. The van der Waals surface area contributed by atoms with Crippen molar-refractivity contribution < 1.29 is 0 Å². The molecular weight excluding hydrogens is 266 g/mol. The second-order valence-electron chi connectivity index (χ2n) is 7.23. The lowest BCUT2D eigenvalue weighted by Crippen LogP contribution is -2.27. The summed E-state index contributed by atoms with van der Waals surface area (Å²) < 4.78 is 0. The Hall–Kier alpha value is 0.237. The predicted molar refractivity (Wildman–Crippen MR) is 92.1 cm³/mol. The summed E-state index contributed by atoms with van der Waals surface area (Å²) in [7, 11) is -1.04. The van der Waals surface area contributed by atoms with Gasteiger partial charge in [-0.15, -0.1) is 0 Å². The molecule has 0 saturated heterocycles. The van der Waals surface area contributed by atoms with Gasteiger partial charge >= 0.3 is 0 Å². The van der Waals surface area contributed by atoms with E-state index in [-0.39, 0.29) is 0 Å². The van der Waals surface area contributed by atoms with Crippen molar-refractivity contribution in [2.75, 3.05) is 0 Å². The lowest BCUT2D eigenvalue weighted by atomic mass is 9.95. The van der Waals surface area contributed by atoms with Gasteiger partial charge < -0.3 is 0 Å². The molecule has 3 heteroatoms. The van der Waals surface area contributed by atoms with Crippen LogP contribution in [0.15, 0.2) is 4.99 Å². The zero-order valence-electron chi connectivity index (χ0n) is 13.1. The summed E-state index contributed by atoms with van der Waals surface area (Å²) in [5.74, 6) is 0. The minimum absolute atomic E-state index is 0.673. The lowest BCUT2D eigenvalue weighted by molar-refractivity contribution is 0.442. The van der Waals surface area contributed by atoms with Gasteiger partial charge in [0.15, 0.2) is 0 Å². The molecule has 0 heterocycles. The fraction of sp³-hybridized carbons (Fsp3) is 0.938. The van der Waals surface area contributed by atoms with Crippen molar-refractivity contribution in [3.05, 3.63) is 0 Å². The van der Waals surface area contributed by atoms with Crippen LogP contribution >= 0.6 is 11.2 Å². The summed E-state index contributed by atoms with van der Waals surface area (Å²) in [6.07, 6.45) is 13.9. The number of hydrogen-bond donors (Lipinski definition) is 0. The predicted octanol–water partition coefficient (Wildman–Crippen LogP) is 5.66. The second-order valence-corrected chi connectivity index (χ2v) is 16.6. The van der Waals surface area contributed by atoms with Gasteiger partial charge in [0.2, 0.25) is 0 Å². The highest BCUT2D eigenvalue weighted by atomic mass is 32.4. The zero-order chi connectivity index (χ0) is 13.7. The van der Waals surface area contributed by atoms with E-state index in [2.05, 4.69) is 30.9 Å². The molecule has 0 aromatic rings. The molecule has 0 aliphatic heterocycles. The van der Waals surface area contributed by atoms with Gasteiger partial charge in [-0.1, -0.05) is 51.7 Å². The van der Waals surface area contributed by atoms with E-state index < -0.39 is 7.22 Å². The molecule has 0 bridgehead atoms. The molecule has 0 aromatic carbocycles. The largest absolute Gasteiger partial charge is 0.290 e. The van der Waals surface area contributed by atoms with Gasteiger partial charge in [0.05, 0.1) is 0 Å². The van der Waals surface area contributed by atoms with Crippen LogP contribution in [0.2, 0.25) is 19.6 Å². The van der Waals surface area contributed by atoms with Crippen LogP contribution in [0.4, 0.5) is 0 Å². The number of aliphatic imine (C=N–C) groups is 1. The highest BCUT2D eigenvalue weighted by Gasteiger charge is 2.27. The molecule has 2 aliphatic carbocycles. The Labute approximate surface area is 124 Å². The molecule has 2 fully saturated rings. The molecule has 0 amide bonds. The smallest absolute Gasteiger partial charge is 0.109 e. The quantitative estimate of drug-likeness (QED) is 0.483. The van der Waals surface area contributed by atoms with Gasteiger partial charge in [0.1, 0.15) is 7.22 Å². The Morgan fingerprint density at radius 2 is 1.53 bits per heavy atom. The summed E-state index contributed by atoms with van der Waals surface area (Å²) in [6.45, 7) is 7.46. The minimum atomic E-state index is -1.04. The molecule has 1 unspecified atom stereocenters. The van der Waals surface area contributed by atoms with Crippen LogP contribution in [-0.2, 0) is 0 Å². The molecule has 0 aromatic heterocycles. The first-order chi connectivity index (χ1) is 9.04. The third-order valence-electron chi connectivity index (χ3n) is 4.19. The highest BCUT2D eigenvalue weighted by molar-refractivity contribution is 8.29. The van der Waals surface area contributed by atoms with Gasteiger partial charge in [-0.25, -0.2) is 0 Å². The topological polar surface area (TPSA) is 12.4 Å². The maximum atomic E-state index is 5.24. The van der Waals surface area contributed by atoms with Crippen molar-refractivity contribution in [1.29, 1.82) is 0 Å². The first-order valence-corrected chi connectivity index (χ1v) is 13.4. The third-order valence-corrected chi connectivity index (χ3v) is 8.66. The van der Waals surface area contributed by atoms with Gasteiger partial charge in [0, 0.05) is 17.0 Å². The minimum Gasteiger partial charge on any atom is -0.290 e. The third kappa shape index (κ3) is 5.62. The van der Waals surface area contributed by atoms with Crippen LogP contribution in [-0.4, -0.2) is 24.2 Å². The molecule has 110 valence electrons. The van der Waals surface area contributed by atoms with E-state index >= 15 is 0 Å². The normalized spacial score (nSPS) is 29.4. The van der Waals surface area contributed by atoms with E-state index in [1.54, 1.807) is 5.71 Å². The van der Waals surface area contributed by atoms with E-state index in [0.717, 1.165) is 5.25 Å². The fourth-order valence-electron chi connectivity index (χ4n) is 3.29. The SMILES string of the molecule is C[Si](C)(C)SC1CCCCC/C1=N\C1CCCCC1. The maximum absolute atomic E-state index is 5.24. The summed E-state index contributed by atoms with van der Waals surface area (Å²) in [5.41, 5.74) is 1.59. The highest BCUT2D eigenvalue weighted by Crippen LogP contribution is 2.33. The van der Waals surface area contributed by atoms with Crippen LogP contribution in [0.3, 0.4) is 0 Å². The van der Waals surface area contributed by atoms with Gasteiger partial charge in [-0.3, -0.25) is 4.99 Å². The van der Waals surface area contributed by atoms with E-state index in [4.69, 9.17) is 4.99 Å². The molecule has 2 saturated carbocycles. The number of rotatable bonds is 3. The van der Waals surface area contributed by atoms with Crippen molar-refractivity contribution in [1.82, 2.24) is 0 Å². The monoisotopic (exact) mass is 297 g/mol. The first-order valence-electron chi connectivity index (χ1n) is 8.29. The molecule has 1 nitrogen and oxygen atoms in total. The summed E-state index contributed by atoms with van der Waals surface area (Å²) in [6, 6.07) is 0.673. The molecule has 2 rings (SSSR count). The Balaban J connectivity index is 2.05. The fourth-order valence-corrected chi connectivity index (χ4v) is 8.06. The molecule has 0 N–H and O–H groups in total. The molecule has 1 atom stereocenters. The van der Waals surface area contributed by atoms with Crippen LogP contribution in [0.25, 0.3) is 0 Å². The van der Waals surface area contributed by atoms with Crippen molar-refractivity contribution in [2.24, 2.45) is 4.99 Å². The van der Waals surface area contributed by atoms with Gasteiger partial charge in [-0.05, 0) is 32.1 Å². The van der Waals surface area contributed by atoms with E-state index in [0.29, 0.717) is 6.04 Å². The molecule has 0 radical (unpaired) electrons. The maximum Gasteiger partial charge on any atom is 0.109 e. The Morgan fingerprint density at radius 3 is 2.21 bits per heavy atom. The standard InChI is InChI=1S/C16H31NSSi/c1-19(2,3)18-16-13-9-5-8-12-15(16)17-14-10-6-4-7-11-14/h14,16H,4-13H2,1-3H3/b17-15+. The van der Waals surface area contributed by atoms with E-state index in [9.17, 15) is 0 Å². The number of nitrogens with zero attached hydrogens (tertiary/aromatic N) is 1. The number of hydrogen-bond acceptors (Lipinski definition) is 2. The van der Waals surface area contributed by atoms with Crippen molar-refractivity contribution in [3.8, 4) is 0 Å². The van der Waals surface area contributed by atoms with Crippen LogP contribution in [0, 0.1) is 0 Å². The van der Waals surface area contributed by atoms with Crippen LogP contribution in [0.1, 0.15) is 64.2 Å². The average molecular weight is 298 g/mol. The summed E-state index contributed by atoms with van der Waals surface area (Å²) in [5, 5.41) is 0.760. The molecule has 0 spiro atoms. The average Bonchev–Trinajstić information content (AvgIpc) is 2.55. The van der Waals surface area contributed by atoms with Crippen molar-refractivity contribution in [3.63, 3.8) is 0 Å². The van der Waals surface area contributed by atoms with E-state index in [1.165, 1.54) is 64.2 Å². The van der Waals surface area contributed by atoms with Crippen LogP contribution in [0.5, 0.6) is 0 Å². The van der Waals surface area contributed by atoms with Crippen molar-refractivity contribution in [2.45, 2.75) is 95.1 Å². The second kappa shape index (κ2) is 7.30. The summed E-state index contributed by atoms with van der Waals surface area (Å²) >= 11 is 2.30. The first kappa shape index (κ1) is 15.6. The van der Waals surface area contributed by atoms with Gasteiger partial charge in [-0.2, -0.15) is 11.2 Å². The molecular formula is C16H31NSSi.